The number of nitrogens with one attached hydrogen (secondary N) is 2. The zero-order chi connectivity index (χ0) is 30.4. The van der Waals surface area contributed by atoms with E-state index in [9.17, 15) is 19.5 Å². The molecule has 3 saturated carbocycles. The molecule has 3 amide bonds. The van der Waals surface area contributed by atoms with Crippen LogP contribution < -0.4 is 5.32 Å². The quantitative estimate of drug-likeness (QED) is 0.363. The molecule has 7 rings (SSSR count). The lowest BCUT2D eigenvalue weighted by Crippen LogP contribution is -2.57. The number of para-hydroxylation sites is 1. The first kappa shape index (κ1) is 29.4. The summed E-state index contributed by atoms with van der Waals surface area (Å²) < 4.78 is 0. The van der Waals surface area contributed by atoms with Gasteiger partial charge >= 0.3 is 0 Å². The summed E-state index contributed by atoms with van der Waals surface area (Å²) in [6, 6.07) is 14.2. The molecule has 2 aromatic carbocycles. The summed E-state index contributed by atoms with van der Waals surface area (Å²) in [7, 11) is 1.76. The number of β-amino-alcohol motifs (C(OH)–C–C–N with tert-alkyl or cyclic N) is 1. The molecule has 4 fully saturated rings. The Morgan fingerprint density at radius 2 is 1.70 bits per heavy atom. The van der Waals surface area contributed by atoms with Gasteiger partial charge in [0.05, 0.1) is 6.10 Å². The first-order chi connectivity index (χ1) is 20.6. The number of aliphatic hydroxyl groups excluding tert-OH is 1. The van der Waals surface area contributed by atoms with E-state index >= 15 is 0 Å². The van der Waals surface area contributed by atoms with E-state index in [0.29, 0.717) is 18.4 Å². The summed E-state index contributed by atoms with van der Waals surface area (Å²) in [5.74, 6) is -0.571. The highest BCUT2D eigenvalue weighted by Crippen LogP contribution is 2.57. The molecular formula is C35H44N4O4. The molecule has 3 aromatic rings. The van der Waals surface area contributed by atoms with Gasteiger partial charge in [-0.2, -0.15) is 0 Å². The minimum absolute atomic E-state index is 0.00197. The number of benzene rings is 2. The number of hydrogen-bond acceptors (Lipinski definition) is 4. The highest BCUT2D eigenvalue weighted by molar-refractivity contribution is 5.94. The van der Waals surface area contributed by atoms with Crippen molar-refractivity contribution in [3.8, 4) is 0 Å². The molecule has 2 bridgehead atoms. The van der Waals surface area contributed by atoms with Gasteiger partial charge in [0, 0.05) is 55.5 Å². The van der Waals surface area contributed by atoms with Crippen molar-refractivity contribution >= 4 is 28.6 Å². The summed E-state index contributed by atoms with van der Waals surface area (Å²) in [6.45, 7) is 4.91. The number of amides is 3. The van der Waals surface area contributed by atoms with Gasteiger partial charge in [-0.3, -0.25) is 14.4 Å². The monoisotopic (exact) mass is 584 g/mol. The third-order valence-corrected chi connectivity index (χ3v) is 10.7. The topological polar surface area (TPSA) is 106 Å². The van der Waals surface area contributed by atoms with E-state index in [1.807, 2.05) is 61.7 Å². The summed E-state index contributed by atoms with van der Waals surface area (Å²) in [5.41, 5.74) is 3.93. The molecule has 228 valence electrons. The normalized spacial score (nSPS) is 27.3. The molecular weight excluding hydrogens is 540 g/mol. The molecule has 1 aromatic heterocycles. The van der Waals surface area contributed by atoms with Crippen molar-refractivity contribution in [3.63, 3.8) is 0 Å². The molecule has 43 heavy (non-hydrogen) atoms. The molecule has 0 spiro atoms. The Labute approximate surface area is 253 Å². The smallest absolute Gasteiger partial charge is 0.245 e. The minimum atomic E-state index is -0.835. The Bertz CT molecular complexity index is 1500. The number of aromatic amines is 1. The second-order valence-electron chi connectivity index (χ2n) is 13.7. The van der Waals surface area contributed by atoms with E-state index in [1.165, 1.54) is 0 Å². The summed E-state index contributed by atoms with van der Waals surface area (Å²) >= 11 is 0. The molecule has 3 atom stereocenters. The van der Waals surface area contributed by atoms with Gasteiger partial charge in [-0.1, -0.05) is 49.4 Å². The van der Waals surface area contributed by atoms with Gasteiger partial charge in [-0.05, 0) is 73.6 Å². The Morgan fingerprint density at radius 1 is 1.02 bits per heavy atom. The first-order valence-electron chi connectivity index (χ1n) is 15.7. The number of H-pyrrole nitrogens is 1. The van der Waals surface area contributed by atoms with Crippen molar-refractivity contribution in [1.29, 1.82) is 0 Å². The van der Waals surface area contributed by atoms with E-state index in [-0.39, 0.29) is 30.7 Å². The van der Waals surface area contributed by atoms with Crippen LogP contribution in [-0.4, -0.2) is 69.4 Å². The molecule has 1 saturated heterocycles. The lowest BCUT2D eigenvalue weighted by Gasteiger charge is -2.52. The van der Waals surface area contributed by atoms with Crippen molar-refractivity contribution in [1.82, 2.24) is 20.1 Å². The number of carbonyl (C=O) groups excluding carboxylic acids is 3. The van der Waals surface area contributed by atoms with Crippen LogP contribution in [0.5, 0.6) is 0 Å². The third-order valence-electron chi connectivity index (χ3n) is 10.7. The van der Waals surface area contributed by atoms with E-state index < -0.39 is 23.6 Å². The molecule has 8 nitrogen and oxygen atoms in total. The van der Waals surface area contributed by atoms with Crippen molar-refractivity contribution in [2.75, 3.05) is 13.6 Å². The number of carbonyl (C=O) groups is 3. The maximum Gasteiger partial charge on any atom is 0.245 e. The molecule has 8 heteroatoms. The van der Waals surface area contributed by atoms with Crippen LogP contribution in [0.15, 0.2) is 54.7 Å². The Kier molecular flexibility index (Phi) is 7.84. The van der Waals surface area contributed by atoms with Crippen molar-refractivity contribution in [3.05, 3.63) is 71.4 Å². The predicted octanol–water partition coefficient (Wildman–Crippen LogP) is 4.48. The number of hydrogen-bond donors (Lipinski definition) is 3. The largest absolute Gasteiger partial charge is 0.391 e. The zero-order valence-corrected chi connectivity index (χ0v) is 25.6. The van der Waals surface area contributed by atoms with Crippen LogP contribution in [-0.2, 0) is 27.3 Å². The summed E-state index contributed by atoms with van der Waals surface area (Å²) in [6.07, 6.45) is 7.22. The lowest BCUT2D eigenvalue weighted by atomic mass is 9.54. The van der Waals surface area contributed by atoms with Crippen molar-refractivity contribution in [2.45, 2.75) is 89.9 Å². The fourth-order valence-corrected chi connectivity index (χ4v) is 7.66. The molecule has 2 heterocycles. The highest BCUT2D eigenvalue weighted by Gasteiger charge is 2.54. The van der Waals surface area contributed by atoms with Gasteiger partial charge in [-0.15, -0.1) is 0 Å². The lowest BCUT2D eigenvalue weighted by molar-refractivity contribution is -0.155. The van der Waals surface area contributed by atoms with Crippen LogP contribution >= 0.6 is 0 Å². The third kappa shape index (κ3) is 5.69. The second-order valence-corrected chi connectivity index (χ2v) is 13.7. The van der Waals surface area contributed by atoms with Crippen LogP contribution in [0.1, 0.15) is 68.6 Å². The molecule has 0 unspecified atom stereocenters. The highest BCUT2D eigenvalue weighted by atomic mass is 16.3. The Morgan fingerprint density at radius 3 is 2.42 bits per heavy atom. The standard InChI is InChI=1S/C35H44N4O4/c1-23-8-4-5-9-24(23)21-38(3)32(42)29(18-25-20-36-28-11-7-6-10-27(25)28)37-31(41)30-19-26(40)22-39(30)33(43)35-15-12-34(2,13-16-35)14-17-35/h4-11,20,26,29-30,36,40H,12-19,21-22H2,1-3H3,(H,37,41)/t26-,29+,30+,34?,35?/m1/s1. The second kappa shape index (κ2) is 11.5. The molecule has 4 aliphatic rings. The van der Waals surface area contributed by atoms with E-state index in [4.69, 9.17) is 0 Å². The average Bonchev–Trinajstić information content (AvgIpc) is 3.61. The molecule has 3 N–H and O–H groups in total. The fourth-order valence-electron chi connectivity index (χ4n) is 7.66. The number of likely N-dealkylation sites (N-methyl/N-ethyl adjacent to an activating group) is 1. The van der Waals surface area contributed by atoms with E-state index in [0.717, 1.165) is 66.1 Å². The van der Waals surface area contributed by atoms with Gasteiger partial charge in [-0.25, -0.2) is 0 Å². The number of aryl methyl sites for hydroxylation is 1. The number of aliphatic hydroxyl groups is 1. The van der Waals surface area contributed by atoms with Crippen LogP contribution in [0, 0.1) is 17.8 Å². The predicted molar refractivity (Wildman–Crippen MR) is 166 cm³/mol. The maximum atomic E-state index is 14.1. The summed E-state index contributed by atoms with van der Waals surface area (Å²) in [5, 5.41) is 14.7. The van der Waals surface area contributed by atoms with Crippen LogP contribution in [0.4, 0.5) is 0 Å². The SMILES string of the molecule is Cc1ccccc1CN(C)C(=O)[C@H](Cc1c[nH]c2ccccc12)NC(=O)[C@@H]1C[C@@H](O)CN1C(=O)C12CCC(C)(CC1)CC2. The number of likely N-dealkylation sites (tertiary alicyclic amines) is 1. The van der Waals surface area contributed by atoms with Gasteiger partial charge in [0.15, 0.2) is 0 Å². The molecule has 3 aliphatic carbocycles. The Balaban J connectivity index is 1.24. The number of fused-ring (bicyclic) bond motifs is 4. The van der Waals surface area contributed by atoms with E-state index in [2.05, 4.69) is 17.2 Å². The molecule has 1 aliphatic heterocycles. The number of nitrogens with zero attached hydrogens (tertiary/aromatic N) is 2. The van der Waals surface area contributed by atoms with E-state index in [1.54, 1.807) is 16.8 Å². The van der Waals surface area contributed by atoms with Crippen LogP contribution in [0.2, 0.25) is 0 Å². The maximum absolute atomic E-state index is 14.1. The van der Waals surface area contributed by atoms with Crippen molar-refractivity contribution < 1.29 is 19.5 Å². The first-order valence-corrected chi connectivity index (χ1v) is 15.7. The number of rotatable bonds is 8. The number of aromatic nitrogens is 1. The minimum Gasteiger partial charge on any atom is -0.391 e. The van der Waals surface area contributed by atoms with Crippen LogP contribution in [0.25, 0.3) is 10.9 Å². The van der Waals surface area contributed by atoms with Gasteiger partial charge in [0.1, 0.15) is 12.1 Å². The molecule has 0 radical (unpaired) electrons. The van der Waals surface area contributed by atoms with Gasteiger partial charge < -0.3 is 25.2 Å². The van der Waals surface area contributed by atoms with Gasteiger partial charge in [0.2, 0.25) is 17.7 Å². The van der Waals surface area contributed by atoms with Crippen LogP contribution in [0.3, 0.4) is 0 Å². The van der Waals surface area contributed by atoms with Gasteiger partial charge in [0.25, 0.3) is 0 Å². The Hall–Kier alpha value is -3.65. The zero-order valence-electron chi connectivity index (χ0n) is 25.6. The average molecular weight is 585 g/mol. The fraction of sp³-hybridized carbons (Fsp3) is 0.514. The van der Waals surface area contributed by atoms with Crippen molar-refractivity contribution in [2.24, 2.45) is 10.8 Å². The summed E-state index contributed by atoms with van der Waals surface area (Å²) in [4.78, 5) is 48.6.